The molecule has 0 bridgehead atoms. The summed E-state index contributed by atoms with van der Waals surface area (Å²) in [6.45, 7) is 5.99. The highest BCUT2D eigenvalue weighted by Gasteiger charge is 2.20. The predicted octanol–water partition coefficient (Wildman–Crippen LogP) is 2.11. The molecule has 1 unspecified atom stereocenters. The Morgan fingerprint density at radius 1 is 1.41 bits per heavy atom. The number of methoxy groups -OCH3 is 1. The van der Waals surface area contributed by atoms with Gasteiger partial charge < -0.3 is 19.5 Å². The Labute approximate surface area is 130 Å². The molecule has 0 saturated carbocycles. The molecule has 1 N–H and O–H groups in total. The van der Waals surface area contributed by atoms with Gasteiger partial charge in [0.25, 0.3) is 0 Å². The van der Waals surface area contributed by atoms with E-state index in [1.807, 2.05) is 36.1 Å². The minimum atomic E-state index is 0.248. The van der Waals surface area contributed by atoms with E-state index in [1.54, 1.807) is 7.11 Å². The molecule has 6 heteroatoms. The molecule has 1 aromatic heterocycles. The SMILES string of the molecule is COc1cc(CNC(C)Cn2cc(C)cn2)cc2c1OCO2. The molecule has 6 nitrogen and oxygen atoms in total. The predicted molar refractivity (Wildman–Crippen MR) is 82.4 cm³/mol. The number of aryl methyl sites for hydroxylation is 1. The Morgan fingerprint density at radius 2 is 2.27 bits per heavy atom. The van der Waals surface area contributed by atoms with Gasteiger partial charge >= 0.3 is 0 Å². The minimum absolute atomic E-state index is 0.248. The van der Waals surface area contributed by atoms with Gasteiger partial charge in [0.05, 0.1) is 19.9 Å². The summed E-state index contributed by atoms with van der Waals surface area (Å²) < 4.78 is 18.2. The molecule has 2 heterocycles. The lowest BCUT2D eigenvalue weighted by Gasteiger charge is -2.15. The van der Waals surface area contributed by atoms with E-state index in [0.29, 0.717) is 17.5 Å². The van der Waals surface area contributed by atoms with Crippen LogP contribution in [0.25, 0.3) is 0 Å². The van der Waals surface area contributed by atoms with Gasteiger partial charge in [-0.3, -0.25) is 4.68 Å². The van der Waals surface area contributed by atoms with E-state index < -0.39 is 0 Å². The van der Waals surface area contributed by atoms with Gasteiger partial charge in [-0.15, -0.1) is 0 Å². The van der Waals surface area contributed by atoms with E-state index >= 15 is 0 Å². The Balaban J connectivity index is 1.61. The Hall–Kier alpha value is -2.21. The number of fused-ring (bicyclic) bond motifs is 1. The van der Waals surface area contributed by atoms with E-state index in [2.05, 4.69) is 17.3 Å². The van der Waals surface area contributed by atoms with E-state index in [-0.39, 0.29) is 6.79 Å². The highest BCUT2D eigenvalue weighted by atomic mass is 16.7. The summed E-state index contributed by atoms with van der Waals surface area (Å²) in [5.74, 6) is 2.14. The number of nitrogens with one attached hydrogen (secondary N) is 1. The number of rotatable bonds is 6. The zero-order chi connectivity index (χ0) is 15.5. The standard InChI is InChI=1S/C16H21N3O3/c1-11-6-18-19(8-11)9-12(2)17-7-13-4-14(20-3)16-15(5-13)21-10-22-16/h4-6,8,12,17H,7,9-10H2,1-3H3. The molecule has 0 saturated heterocycles. The Morgan fingerprint density at radius 3 is 3.00 bits per heavy atom. The van der Waals surface area contributed by atoms with Crippen molar-refractivity contribution in [2.75, 3.05) is 13.9 Å². The quantitative estimate of drug-likeness (QED) is 0.885. The van der Waals surface area contributed by atoms with Crippen LogP contribution >= 0.6 is 0 Å². The van der Waals surface area contributed by atoms with Gasteiger partial charge in [-0.25, -0.2) is 0 Å². The third-order valence-corrected chi connectivity index (χ3v) is 3.60. The van der Waals surface area contributed by atoms with Crippen molar-refractivity contribution in [3.8, 4) is 17.2 Å². The van der Waals surface area contributed by atoms with Crippen molar-refractivity contribution >= 4 is 0 Å². The van der Waals surface area contributed by atoms with Gasteiger partial charge in [-0.1, -0.05) is 0 Å². The van der Waals surface area contributed by atoms with Crippen molar-refractivity contribution in [3.63, 3.8) is 0 Å². The van der Waals surface area contributed by atoms with Gasteiger partial charge in [0.1, 0.15) is 0 Å². The van der Waals surface area contributed by atoms with Gasteiger partial charge in [-0.05, 0) is 37.1 Å². The minimum Gasteiger partial charge on any atom is -0.493 e. The first-order chi connectivity index (χ1) is 10.7. The summed E-state index contributed by atoms with van der Waals surface area (Å²) in [5.41, 5.74) is 2.28. The van der Waals surface area contributed by atoms with Crippen LogP contribution in [-0.2, 0) is 13.1 Å². The zero-order valence-electron chi connectivity index (χ0n) is 13.1. The maximum Gasteiger partial charge on any atom is 0.231 e. The normalized spacial score (nSPS) is 14.1. The summed E-state index contributed by atoms with van der Waals surface area (Å²) in [5, 5.41) is 7.79. The number of ether oxygens (including phenoxy) is 3. The third kappa shape index (κ3) is 3.17. The van der Waals surface area contributed by atoms with Gasteiger partial charge in [-0.2, -0.15) is 5.10 Å². The monoisotopic (exact) mass is 303 g/mol. The zero-order valence-corrected chi connectivity index (χ0v) is 13.1. The molecule has 0 spiro atoms. The number of nitrogens with zero attached hydrogens (tertiary/aromatic N) is 2. The van der Waals surface area contributed by atoms with Crippen molar-refractivity contribution < 1.29 is 14.2 Å². The van der Waals surface area contributed by atoms with Crippen LogP contribution in [0.15, 0.2) is 24.5 Å². The second kappa shape index (κ2) is 6.27. The third-order valence-electron chi connectivity index (χ3n) is 3.60. The summed E-state index contributed by atoms with van der Waals surface area (Å²) >= 11 is 0. The van der Waals surface area contributed by atoms with Gasteiger partial charge in [0.15, 0.2) is 11.5 Å². The highest BCUT2D eigenvalue weighted by molar-refractivity contribution is 5.55. The fourth-order valence-corrected chi connectivity index (χ4v) is 2.49. The summed E-state index contributed by atoms with van der Waals surface area (Å²) in [7, 11) is 1.64. The molecule has 1 atom stereocenters. The first-order valence-electron chi connectivity index (χ1n) is 7.34. The Bertz CT molecular complexity index is 654. The first-order valence-corrected chi connectivity index (χ1v) is 7.34. The van der Waals surface area contributed by atoms with E-state index in [0.717, 1.165) is 24.4 Å². The largest absolute Gasteiger partial charge is 0.493 e. The maximum absolute atomic E-state index is 5.44. The molecule has 0 aliphatic carbocycles. The first kappa shape index (κ1) is 14.7. The molecular formula is C16H21N3O3. The lowest BCUT2D eigenvalue weighted by molar-refractivity contribution is 0.171. The number of hydrogen-bond donors (Lipinski definition) is 1. The van der Waals surface area contributed by atoms with Crippen LogP contribution < -0.4 is 19.5 Å². The maximum atomic E-state index is 5.44. The van der Waals surface area contributed by atoms with Gasteiger partial charge in [0.2, 0.25) is 12.5 Å². The van der Waals surface area contributed by atoms with E-state index in [9.17, 15) is 0 Å². The summed E-state index contributed by atoms with van der Waals surface area (Å²) in [6.07, 6.45) is 3.91. The van der Waals surface area contributed by atoms with Crippen LogP contribution in [0.1, 0.15) is 18.1 Å². The second-order valence-electron chi connectivity index (χ2n) is 5.55. The van der Waals surface area contributed by atoms with Crippen LogP contribution in [0.5, 0.6) is 17.2 Å². The smallest absolute Gasteiger partial charge is 0.231 e. The molecule has 118 valence electrons. The molecule has 1 aliphatic heterocycles. The van der Waals surface area contributed by atoms with Crippen molar-refractivity contribution in [2.45, 2.75) is 33.0 Å². The molecule has 0 radical (unpaired) electrons. The number of hydrogen-bond acceptors (Lipinski definition) is 5. The van der Waals surface area contributed by atoms with E-state index in [1.165, 1.54) is 5.56 Å². The summed E-state index contributed by atoms with van der Waals surface area (Å²) in [4.78, 5) is 0. The lowest BCUT2D eigenvalue weighted by Crippen LogP contribution is -2.30. The van der Waals surface area contributed by atoms with Crippen LogP contribution in [0.4, 0.5) is 0 Å². The fraction of sp³-hybridized carbons (Fsp3) is 0.438. The van der Waals surface area contributed by atoms with Gasteiger partial charge in [0, 0.05) is 18.8 Å². The molecule has 0 fully saturated rings. The van der Waals surface area contributed by atoms with Crippen LogP contribution in [0.2, 0.25) is 0 Å². The average Bonchev–Trinajstić information content (AvgIpc) is 3.13. The lowest BCUT2D eigenvalue weighted by atomic mass is 10.1. The topological polar surface area (TPSA) is 57.5 Å². The molecule has 0 amide bonds. The molecule has 22 heavy (non-hydrogen) atoms. The van der Waals surface area contributed by atoms with Crippen LogP contribution in [0, 0.1) is 6.92 Å². The van der Waals surface area contributed by atoms with Crippen molar-refractivity contribution in [1.82, 2.24) is 15.1 Å². The van der Waals surface area contributed by atoms with Crippen molar-refractivity contribution in [2.24, 2.45) is 0 Å². The van der Waals surface area contributed by atoms with Crippen molar-refractivity contribution in [3.05, 3.63) is 35.7 Å². The molecule has 1 aromatic carbocycles. The summed E-state index contributed by atoms with van der Waals surface area (Å²) in [6, 6.07) is 4.27. The average molecular weight is 303 g/mol. The molecular weight excluding hydrogens is 282 g/mol. The highest BCUT2D eigenvalue weighted by Crippen LogP contribution is 2.41. The molecule has 3 rings (SSSR count). The van der Waals surface area contributed by atoms with Crippen molar-refractivity contribution in [1.29, 1.82) is 0 Å². The fourth-order valence-electron chi connectivity index (χ4n) is 2.49. The molecule has 2 aromatic rings. The Kier molecular flexibility index (Phi) is 4.20. The molecule has 1 aliphatic rings. The number of benzene rings is 1. The number of aromatic nitrogens is 2. The second-order valence-corrected chi connectivity index (χ2v) is 5.55. The van der Waals surface area contributed by atoms with E-state index in [4.69, 9.17) is 14.2 Å². The van der Waals surface area contributed by atoms with Crippen LogP contribution in [0.3, 0.4) is 0 Å². The van der Waals surface area contributed by atoms with Crippen LogP contribution in [-0.4, -0.2) is 29.7 Å².